The van der Waals surface area contributed by atoms with E-state index in [1.54, 1.807) is 31.4 Å². The Hall–Kier alpha value is -1.98. The van der Waals surface area contributed by atoms with Crippen LogP contribution in [0.15, 0.2) is 35.0 Å². The number of nitrogens with zero attached hydrogens (tertiary/aromatic N) is 1. The van der Waals surface area contributed by atoms with Gasteiger partial charge in [0.25, 0.3) is 0 Å². The van der Waals surface area contributed by atoms with Crippen molar-refractivity contribution in [2.45, 2.75) is 13.3 Å². The van der Waals surface area contributed by atoms with E-state index in [0.29, 0.717) is 23.6 Å². The molecule has 0 spiro atoms. The number of benzene rings is 1. The van der Waals surface area contributed by atoms with Crippen LogP contribution >= 0.6 is 11.6 Å². The fourth-order valence-electron chi connectivity index (χ4n) is 2.18. The zero-order chi connectivity index (χ0) is 16.1. The molecule has 1 aromatic heterocycles. The van der Waals surface area contributed by atoms with Crippen molar-refractivity contribution >= 4 is 23.1 Å². The Balaban J connectivity index is 2.35. The molecular formula is C16H17ClN2O3. The number of halogens is 1. The van der Waals surface area contributed by atoms with Gasteiger partial charge in [-0.3, -0.25) is 4.79 Å². The number of Topliss-reactive ketones (excluding diaryl/α,β-unsaturated/α-hetero) is 1. The topological polar surface area (TPSA) is 76.2 Å². The molecule has 6 heteroatoms. The number of hydrogen-bond donors (Lipinski definition) is 1. The van der Waals surface area contributed by atoms with Crippen molar-refractivity contribution in [2.75, 3.05) is 13.7 Å². The minimum absolute atomic E-state index is 0.0131. The molecule has 1 atom stereocenters. The van der Waals surface area contributed by atoms with E-state index in [4.69, 9.17) is 26.3 Å². The third-order valence-electron chi connectivity index (χ3n) is 3.45. The average molecular weight is 321 g/mol. The second-order valence-electron chi connectivity index (χ2n) is 4.85. The summed E-state index contributed by atoms with van der Waals surface area (Å²) in [6.45, 7) is 2.24. The molecule has 0 fully saturated rings. The average Bonchev–Trinajstić information content (AvgIpc) is 3.01. The molecule has 1 N–H and O–H groups in total. The Kier molecular flexibility index (Phi) is 5.46. The lowest BCUT2D eigenvalue weighted by atomic mass is 9.93. The molecule has 116 valence electrons. The molecule has 2 aromatic rings. The van der Waals surface area contributed by atoms with Crippen molar-refractivity contribution in [1.82, 2.24) is 5.16 Å². The smallest absolute Gasteiger partial charge is 0.212 e. The van der Waals surface area contributed by atoms with Gasteiger partial charge in [-0.2, -0.15) is 0 Å². The highest BCUT2D eigenvalue weighted by Crippen LogP contribution is 2.31. The van der Waals surface area contributed by atoms with Crippen LogP contribution in [0.25, 0.3) is 11.3 Å². The van der Waals surface area contributed by atoms with Crippen molar-refractivity contribution in [1.29, 1.82) is 5.41 Å². The summed E-state index contributed by atoms with van der Waals surface area (Å²) in [6.07, 6.45) is 1.97. The third kappa shape index (κ3) is 3.26. The van der Waals surface area contributed by atoms with Crippen LogP contribution < -0.4 is 0 Å². The quantitative estimate of drug-likeness (QED) is 0.620. The molecule has 0 aliphatic rings. The van der Waals surface area contributed by atoms with Crippen molar-refractivity contribution in [3.8, 4) is 11.3 Å². The number of rotatable bonds is 7. The third-order valence-corrected chi connectivity index (χ3v) is 3.78. The number of ether oxygens (including phenoxy) is 1. The summed E-state index contributed by atoms with van der Waals surface area (Å²) >= 11 is 6.14. The van der Waals surface area contributed by atoms with Crippen molar-refractivity contribution < 1.29 is 14.1 Å². The van der Waals surface area contributed by atoms with Crippen LogP contribution in [-0.2, 0) is 4.74 Å². The Morgan fingerprint density at radius 1 is 1.45 bits per heavy atom. The van der Waals surface area contributed by atoms with Crippen LogP contribution in [0.1, 0.15) is 23.7 Å². The lowest BCUT2D eigenvalue weighted by Crippen LogP contribution is -2.26. The maximum absolute atomic E-state index is 12.6. The number of carbonyl (C=O) groups is 1. The van der Waals surface area contributed by atoms with E-state index in [9.17, 15) is 4.79 Å². The zero-order valence-corrected chi connectivity index (χ0v) is 13.2. The number of nitrogens with one attached hydrogen (secondary N) is 1. The molecule has 0 amide bonds. The fraction of sp³-hybridized carbons (Fsp3) is 0.312. The Bertz CT molecular complexity index is 682. The lowest BCUT2D eigenvalue weighted by Gasteiger charge is -2.13. The summed E-state index contributed by atoms with van der Waals surface area (Å²) in [4.78, 5) is 12.6. The van der Waals surface area contributed by atoms with E-state index in [2.05, 4.69) is 5.16 Å². The van der Waals surface area contributed by atoms with Crippen LogP contribution in [0.4, 0.5) is 0 Å². The predicted molar refractivity (Wildman–Crippen MR) is 84.7 cm³/mol. The van der Waals surface area contributed by atoms with Gasteiger partial charge >= 0.3 is 0 Å². The fourth-order valence-corrected chi connectivity index (χ4v) is 2.40. The number of ketones is 1. The van der Waals surface area contributed by atoms with Gasteiger partial charge in [0, 0.05) is 18.6 Å². The van der Waals surface area contributed by atoms with Crippen LogP contribution in [0, 0.1) is 11.3 Å². The zero-order valence-electron chi connectivity index (χ0n) is 12.4. The second kappa shape index (κ2) is 7.33. The number of hydrogen-bond acceptors (Lipinski definition) is 5. The summed E-state index contributed by atoms with van der Waals surface area (Å²) in [5.41, 5.74) is 0.811. The Morgan fingerprint density at radius 3 is 2.82 bits per heavy atom. The summed E-state index contributed by atoms with van der Waals surface area (Å²) in [5.74, 6) is -0.390. The first-order valence-electron chi connectivity index (χ1n) is 6.91. The van der Waals surface area contributed by atoms with Gasteiger partial charge in [-0.25, -0.2) is 0 Å². The summed E-state index contributed by atoms with van der Waals surface area (Å²) in [6, 6.07) is 7.04. The molecule has 0 radical (unpaired) electrons. The van der Waals surface area contributed by atoms with Crippen LogP contribution in [-0.4, -0.2) is 30.4 Å². The molecule has 0 aliphatic heterocycles. The van der Waals surface area contributed by atoms with E-state index in [-0.39, 0.29) is 23.0 Å². The van der Waals surface area contributed by atoms with E-state index in [1.807, 2.05) is 6.92 Å². The van der Waals surface area contributed by atoms with Gasteiger partial charge in [0.05, 0.1) is 29.1 Å². The van der Waals surface area contributed by atoms with Crippen LogP contribution in [0.5, 0.6) is 0 Å². The molecule has 0 bridgehead atoms. The minimum atomic E-state index is -0.417. The summed E-state index contributed by atoms with van der Waals surface area (Å²) < 4.78 is 10.3. The predicted octanol–water partition coefficient (Wildman–Crippen LogP) is 3.87. The molecular weight excluding hydrogens is 304 g/mol. The maximum atomic E-state index is 12.6. The first-order chi connectivity index (χ1) is 10.6. The number of methoxy groups -OCH3 is 1. The van der Waals surface area contributed by atoms with Gasteiger partial charge in [0.2, 0.25) is 5.78 Å². The van der Waals surface area contributed by atoms with Crippen LogP contribution in [0.2, 0.25) is 5.02 Å². The van der Waals surface area contributed by atoms with Gasteiger partial charge in [-0.1, -0.05) is 35.8 Å². The van der Waals surface area contributed by atoms with Crippen LogP contribution in [0.3, 0.4) is 0 Å². The van der Waals surface area contributed by atoms with Crippen molar-refractivity contribution in [2.24, 2.45) is 5.92 Å². The summed E-state index contributed by atoms with van der Waals surface area (Å²) in [7, 11) is 1.55. The highest BCUT2D eigenvalue weighted by molar-refractivity contribution is 6.46. The highest BCUT2D eigenvalue weighted by Gasteiger charge is 2.26. The van der Waals surface area contributed by atoms with Gasteiger partial charge in [0.1, 0.15) is 0 Å². The molecule has 0 saturated heterocycles. The number of carbonyl (C=O) groups excluding carboxylic acids is 1. The second-order valence-corrected chi connectivity index (χ2v) is 5.26. The molecule has 0 unspecified atom stereocenters. The minimum Gasteiger partial charge on any atom is -0.384 e. The first kappa shape index (κ1) is 16.4. The van der Waals surface area contributed by atoms with Gasteiger partial charge in [-0.15, -0.1) is 0 Å². The van der Waals surface area contributed by atoms with Crippen molar-refractivity contribution in [3.63, 3.8) is 0 Å². The van der Waals surface area contributed by atoms with E-state index >= 15 is 0 Å². The SMILES string of the molecule is CC[C@@H](COC)C(=N)C(=O)c1cnoc1-c1ccccc1Cl. The molecule has 1 aromatic carbocycles. The van der Waals surface area contributed by atoms with Gasteiger partial charge < -0.3 is 14.7 Å². The van der Waals surface area contributed by atoms with Gasteiger partial charge in [0.15, 0.2) is 5.76 Å². The highest BCUT2D eigenvalue weighted by atomic mass is 35.5. The van der Waals surface area contributed by atoms with E-state index in [1.165, 1.54) is 6.20 Å². The van der Waals surface area contributed by atoms with E-state index < -0.39 is 5.78 Å². The molecule has 1 heterocycles. The Labute approximate surface area is 133 Å². The largest absolute Gasteiger partial charge is 0.384 e. The molecule has 0 aliphatic carbocycles. The molecule has 2 rings (SSSR count). The number of aromatic nitrogens is 1. The normalized spacial score (nSPS) is 12.1. The Morgan fingerprint density at radius 2 is 2.18 bits per heavy atom. The molecule has 0 saturated carbocycles. The lowest BCUT2D eigenvalue weighted by molar-refractivity contribution is 0.104. The van der Waals surface area contributed by atoms with Gasteiger partial charge in [-0.05, 0) is 18.6 Å². The maximum Gasteiger partial charge on any atom is 0.212 e. The molecule has 22 heavy (non-hydrogen) atoms. The monoisotopic (exact) mass is 320 g/mol. The summed E-state index contributed by atoms with van der Waals surface area (Å²) in [5, 5.41) is 12.3. The standard InChI is InChI=1S/C16H17ClN2O3/c1-3-10(9-21-2)14(18)15(20)12-8-19-22-16(12)11-6-4-5-7-13(11)17/h4-8,10,18H,3,9H2,1-2H3/t10-/m0/s1. The van der Waals surface area contributed by atoms with Crippen molar-refractivity contribution in [3.05, 3.63) is 41.0 Å². The first-order valence-corrected chi connectivity index (χ1v) is 7.29. The van der Waals surface area contributed by atoms with E-state index in [0.717, 1.165) is 0 Å². The molecule has 5 nitrogen and oxygen atoms in total.